The summed E-state index contributed by atoms with van der Waals surface area (Å²) < 4.78 is 1.81. The van der Waals surface area contributed by atoms with Crippen LogP contribution in [0, 0.1) is 16.7 Å². The maximum absolute atomic E-state index is 13.5. The first-order valence-electron chi connectivity index (χ1n) is 12.9. The SMILES string of the molecule is CCCCc1nc(C(=N)N)c(C(=N)C2=CCN(C(=O)C(CCCNO)NC(=O)C(NC)C(C)C)C2)n1C. The number of carbonyl (C=O) groups excluding carboxylic acids is 2. The second kappa shape index (κ2) is 14.0. The number of nitrogens with zero attached hydrogens (tertiary/aromatic N) is 3. The number of unbranched alkanes of at least 4 members (excludes halogenated alkanes) is 1. The highest BCUT2D eigenvalue weighted by Gasteiger charge is 2.32. The molecule has 2 unspecified atom stereocenters. The molecular weight excluding hydrogens is 474 g/mol. The first-order valence-corrected chi connectivity index (χ1v) is 12.9. The molecule has 2 amide bonds. The second-order valence-corrected chi connectivity index (χ2v) is 9.75. The van der Waals surface area contributed by atoms with E-state index < -0.39 is 12.1 Å². The molecule has 2 heterocycles. The normalized spacial score (nSPS) is 15.0. The van der Waals surface area contributed by atoms with Crippen molar-refractivity contribution >= 4 is 23.4 Å². The van der Waals surface area contributed by atoms with Crippen LogP contribution < -0.4 is 21.8 Å². The zero-order valence-electron chi connectivity index (χ0n) is 22.6. The molecule has 0 saturated carbocycles. The van der Waals surface area contributed by atoms with E-state index in [2.05, 4.69) is 28.0 Å². The lowest BCUT2D eigenvalue weighted by molar-refractivity contribution is -0.136. The molecule has 37 heavy (non-hydrogen) atoms. The van der Waals surface area contributed by atoms with Gasteiger partial charge < -0.3 is 31.0 Å². The predicted octanol–water partition coefficient (Wildman–Crippen LogP) is 0.671. The molecule has 1 aromatic heterocycles. The monoisotopic (exact) mass is 517 g/mol. The number of hydrogen-bond acceptors (Lipinski definition) is 8. The number of nitrogens with one attached hydrogen (secondary N) is 5. The number of aromatic nitrogens is 2. The minimum absolute atomic E-state index is 0.0389. The van der Waals surface area contributed by atoms with Gasteiger partial charge in [-0.1, -0.05) is 33.3 Å². The Hall–Kier alpha value is -3.09. The molecular formula is C25H43N9O3. The van der Waals surface area contributed by atoms with Gasteiger partial charge in [-0.15, -0.1) is 0 Å². The Morgan fingerprint density at radius 3 is 2.54 bits per heavy atom. The predicted molar refractivity (Wildman–Crippen MR) is 143 cm³/mol. The van der Waals surface area contributed by atoms with Crippen LogP contribution in [-0.2, 0) is 23.1 Å². The van der Waals surface area contributed by atoms with E-state index in [0.29, 0.717) is 37.2 Å². The van der Waals surface area contributed by atoms with Crippen molar-refractivity contribution in [3.8, 4) is 0 Å². The molecule has 0 bridgehead atoms. The summed E-state index contributed by atoms with van der Waals surface area (Å²) in [5.41, 5.74) is 9.44. The van der Waals surface area contributed by atoms with Crippen LogP contribution in [0.4, 0.5) is 0 Å². The van der Waals surface area contributed by atoms with Gasteiger partial charge in [0, 0.05) is 33.1 Å². The fraction of sp³-hybridized carbons (Fsp3) is 0.640. The van der Waals surface area contributed by atoms with E-state index >= 15 is 0 Å². The van der Waals surface area contributed by atoms with Crippen LogP contribution in [0.2, 0.25) is 0 Å². The zero-order valence-corrected chi connectivity index (χ0v) is 22.6. The summed E-state index contributed by atoms with van der Waals surface area (Å²) in [5.74, 6) is 0.104. The quantitative estimate of drug-likeness (QED) is 0.0771. The van der Waals surface area contributed by atoms with Crippen molar-refractivity contribution < 1.29 is 14.8 Å². The van der Waals surface area contributed by atoms with Crippen molar-refractivity contribution in [1.82, 2.24) is 30.6 Å². The number of likely N-dealkylation sites (N-methyl/N-ethyl adjacent to an activating group) is 1. The smallest absolute Gasteiger partial charge is 0.245 e. The van der Waals surface area contributed by atoms with Crippen molar-refractivity contribution in [2.24, 2.45) is 18.7 Å². The minimum Gasteiger partial charge on any atom is -0.382 e. The van der Waals surface area contributed by atoms with Gasteiger partial charge in [-0.05, 0) is 37.8 Å². The molecule has 206 valence electrons. The van der Waals surface area contributed by atoms with Crippen molar-refractivity contribution in [1.29, 1.82) is 10.8 Å². The molecule has 2 rings (SSSR count). The Morgan fingerprint density at radius 2 is 1.97 bits per heavy atom. The molecule has 1 aromatic rings. The lowest BCUT2D eigenvalue weighted by Gasteiger charge is -2.27. The number of amidine groups is 1. The molecule has 8 N–H and O–H groups in total. The van der Waals surface area contributed by atoms with Crippen LogP contribution in [0.15, 0.2) is 11.6 Å². The van der Waals surface area contributed by atoms with Gasteiger partial charge in [0.25, 0.3) is 0 Å². The van der Waals surface area contributed by atoms with Crippen molar-refractivity contribution in [3.63, 3.8) is 0 Å². The van der Waals surface area contributed by atoms with Crippen LogP contribution in [0.1, 0.15) is 63.7 Å². The van der Waals surface area contributed by atoms with E-state index in [0.717, 1.165) is 25.1 Å². The number of amides is 2. The topological polar surface area (TPSA) is 185 Å². The van der Waals surface area contributed by atoms with Crippen LogP contribution in [-0.4, -0.2) is 81.8 Å². The summed E-state index contributed by atoms with van der Waals surface area (Å²) in [5, 5.41) is 31.7. The molecule has 0 radical (unpaired) electrons. The number of rotatable bonds is 15. The van der Waals surface area contributed by atoms with Crippen molar-refractivity contribution in [3.05, 3.63) is 28.9 Å². The lowest BCUT2D eigenvalue weighted by Crippen LogP contribution is -2.54. The highest BCUT2D eigenvalue weighted by Crippen LogP contribution is 2.21. The number of carbonyl (C=O) groups is 2. The van der Waals surface area contributed by atoms with Gasteiger partial charge in [0.05, 0.1) is 17.4 Å². The standard InChI is InChI=1S/C25H43N9O3/c1-6-7-10-18-32-21(23(27)28)22(33(18)5)19(26)16-11-13-34(14-16)25(36)17(9-8-12-30-37)31-24(35)20(29-4)15(2)3/h11,15,17,20,26,29-30,37H,6-10,12-14H2,1-5H3,(H3,27,28)(H,31,35). The van der Waals surface area contributed by atoms with E-state index in [9.17, 15) is 9.59 Å². The Morgan fingerprint density at radius 1 is 1.27 bits per heavy atom. The van der Waals surface area contributed by atoms with Gasteiger partial charge in [0.15, 0.2) is 0 Å². The van der Waals surface area contributed by atoms with E-state index in [4.69, 9.17) is 21.8 Å². The van der Waals surface area contributed by atoms with E-state index in [1.807, 2.05) is 31.5 Å². The van der Waals surface area contributed by atoms with E-state index in [1.165, 1.54) is 0 Å². The molecule has 12 nitrogen and oxygen atoms in total. The lowest BCUT2D eigenvalue weighted by atomic mass is 10.0. The van der Waals surface area contributed by atoms with Crippen LogP contribution >= 0.6 is 0 Å². The largest absolute Gasteiger partial charge is 0.382 e. The third kappa shape index (κ3) is 7.46. The van der Waals surface area contributed by atoms with Crippen LogP contribution in [0.3, 0.4) is 0 Å². The molecule has 0 saturated heterocycles. The summed E-state index contributed by atoms with van der Waals surface area (Å²) in [6.07, 6.45) is 5.31. The number of hydrogen-bond donors (Lipinski definition) is 7. The third-order valence-electron chi connectivity index (χ3n) is 6.64. The van der Waals surface area contributed by atoms with Crippen LogP contribution in [0.25, 0.3) is 0 Å². The zero-order chi connectivity index (χ0) is 27.7. The molecule has 0 aliphatic carbocycles. The summed E-state index contributed by atoms with van der Waals surface area (Å²) in [6.45, 7) is 6.74. The fourth-order valence-corrected chi connectivity index (χ4v) is 4.53. The van der Waals surface area contributed by atoms with Gasteiger partial charge in [0.1, 0.15) is 23.4 Å². The highest BCUT2D eigenvalue weighted by atomic mass is 16.5. The Labute approximate surface area is 219 Å². The number of nitrogens with two attached hydrogens (primary N) is 1. The molecule has 0 spiro atoms. The minimum atomic E-state index is -0.762. The molecule has 1 aliphatic heterocycles. The molecule has 0 aromatic carbocycles. The van der Waals surface area contributed by atoms with Crippen molar-refractivity contribution in [2.45, 2.75) is 65.0 Å². The van der Waals surface area contributed by atoms with E-state index in [1.54, 1.807) is 11.9 Å². The van der Waals surface area contributed by atoms with Gasteiger partial charge in [0.2, 0.25) is 11.8 Å². The average molecular weight is 518 g/mol. The summed E-state index contributed by atoms with van der Waals surface area (Å²) in [4.78, 5) is 32.4. The average Bonchev–Trinajstić information content (AvgIpc) is 3.47. The number of imidazole rings is 1. The number of nitrogen functional groups attached to an aromatic ring is 1. The van der Waals surface area contributed by atoms with Gasteiger partial charge in [-0.2, -0.15) is 0 Å². The Balaban J connectivity index is 2.20. The molecule has 1 aliphatic rings. The van der Waals surface area contributed by atoms with Crippen molar-refractivity contribution in [2.75, 3.05) is 26.7 Å². The molecule has 2 atom stereocenters. The van der Waals surface area contributed by atoms with Crippen LogP contribution in [0.5, 0.6) is 0 Å². The van der Waals surface area contributed by atoms with Gasteiger partial charge in [-0.3, -0.25) is 20.4 Å². The first kappa shape index (κ1) is 30.1. The maximum Gasteiger partial charge on any atom is 0.245 e. The molecule has 12 heteroatoms. The third-order valence-corrected chi connectivity index (χ3v) is 6.64. The summed E-state index contributed by atoms with van der Waals surface area (Å²) >= 11 is 0. The van der Waals surface area contributed by atoms with Gasteiger partial charge in [-0.25, -0.2) is 10.5 Å². The fourth-order valence-electron chi connectivity index (χ4n) is 4.53. The Bertz CT molecular complexity index is 1020. The number of aryl methyl sites for hydroxylation is 1. The Kier molecular flexibility index (Phi) is 11.4. The summed E-state index contributed by atoms with van der Waals surface area (Å²) in [7, 11) is 3.53. The summed E-state index contributed by atoms with van der Waals surface area (Å²) in [6, 6.07) is -1.20. The molecule has 0 fully saturated rings. The van der Waals surface area contributed by atoms with E-state index in [-0.39, 0.29) is 41.5 Å². The maximum atomic E-state index is 13.5. The highest BCUT2D eigenvalue weighted by molar-refractivity contribution is 6.15. The number of hydroxylamine groups is 1. The second-order valence-electron chi connectivity index (χ2n) is 9.75. The van der Waals surface area contributed by atoms with Gasteiger partial charge >= 0.3 is 0 Å². The first-order chi connectivity index (χ1) is 17.6.